The van der Waals surface area contributed by atoms with E-state index in [1.165, 1.54) is 12.8 Å². The van der Waals surface area contributed by atoms with Gasteiger partial charge in [-0.1, -0.05) is 18.2 Å². The van der Waals surface area contributed by atoms with E-state index in [9.17, 15) is 9.90 Å². The number of likely N-dealkylation sites (tertiary alicyclic amines) is 2. The number of fused-ring (bicyclic) bond motifs is 1. The van der Waals surface area contributed by atoms with Gasteiger partial charge in [0.1, 0.15) is 0 Å². The Morgan fingerprint density at radius 1 is 1.12 bits per heavy atom. The average Bonchev–Trinajstić information content (AvgIpc) is 3.13. The van der Waals surface area contributed by atoms with Crippen LogP contribution in [-0.4, -0.2) is 64.1 Å². The van der Waals surface area contributed by atoms with Gasteiger partial charge in [0.2, 0.25) is 0 Å². The number of amides is 1. The number of hydrogen-bond donors (Lipinski definition) is 1. The van der Waals surface area contributed by atoms with E-state index >= 15 is 0 Å². The molecule has 0 spiro atoms. The predicted octanol–water partition coefficient (Wildman–Crippen LogP) is 2.30. The molecule has 2 fully saturated rings. The summed E-state index contributed by atoms with van der Waals surface area (Å²) in [5.41, 5.74) is 0.717. The molecule has 5 nitrogen and oxygen atoms in total. The summed E-state index contributed by atoms with van der Waals surface area (Å²) in [6, 6.07) is 9.51. The van der Waals surface area contributed by atoms with E-state index in [0.29, 0.717) is 25.2 Å². The van der Waals surface area contributed by atoms with E-state index in [1.54, 1.807) is 12.3 Å². The molecule has 132 valence electrons. The Labute approximate surface area is 148 Å². The molecule has 0 saturated carbocycles. The number of pyridine rings is 1. The number of para-hydroxylation sites is 1. The molecule has 2 aliphatic heterocycles. The maximum absolute atomic E-state index is 13.1. The lowest BCUT2D eigenvalue weighted by molar-refractivity contribution is -0.0430. The first-order valence-corrected chi connectivity index (χ1v) is 9.22. The molecule has 4 rings (SSSR count). The number of rotatable bonds is 3. The largest absolute Gasteiger partial charge is 0.387 e. The van der Waals surface area contributed by atoms with E-state index in [4.69, 9.17) is 0 Å². The highest BCUT2D eigenvalue weighted by molar-refractivity contribution is 6.06. The first-order valence-electron chi connectivity index (χ1n) is 9.22. The SMILES string of the molecule is O=C(c1ccnc2ccccc12)N1CCCC(O)(CN2CCCC2)C1. The van der Waals surface area contributed by atoms with Crippen LogP contribution < -0.4 is 0 Å². The summed E-state index contributed by atoms with van der Waals surface area (Å²) in [6.07, 6.45) is 5.73. The number of benzene rings is 1. The van der Waals surface area contributed by atoms with Crippen molar-refractivity contribution >= 4 is 16.8 Å². The van der Waals surface area contributed by atoms with Gasteiger partial charge in [0, 0.05) is 24.7 Å². The highest BCUT2D eigenvalue weighted by Crippen LogP contribution is 2.26. The van der Waals surface area contributed by atoms with Crippen LogP contribution in [0.25, 0.3) is 10.9 Å². The molecule has 1 aromatic heterocycles. The molecular weight excluding hydrogens is 314 g/mol. The number of carbonyl (C=O) groups excluding carboxylic acids is 1. The maximum atomic E-state index is 13.1. The predicted molar refractivity (Wildman–Crippen MR) is 97.5 cm³/mol. The van der Waals surface area contributed by atoms with Crippen molar-refractivity contribution in [3.8, 4) is 0 Å². The van der Waals surface area contributed by atoms with Crippen LogP contribution in [-0.2, 0) is 0 Å². The van der Waals surface area contributed by atoms with Crippen molar-refractivity contribution in [3.63, 3.8) is 0 Å². The number of aromatic nitrogens is 1. The minimum absolute atomic E-state index is 0.00172. The molecule has 0 aliphatic carbocycles. The molecule has 1 unspecified atom stereocenters. The molecule has 25 heavy (non-hydrogen) atoms. The Morgan fingerprint density at radius 3 is 2.76 bits per heavy atom. The summed E-state index contributed by atoms with van der Waals surface area (Å²) in [7, 11) is 0. The Balaban J connectivity index is 1.55. The van der Waals surface area contributed by atoms with Gasteiger partial charge in [-0.2, -0.15) is 0 Å². The lowest BCUT2D eigenvalue weighted by atomic mass is 9.91. The van der Waals surface area contributed by atoms with E-state index in [0.717, 1.165) is 36.8 Å². The third-order valence-electron chi connectivity index (χ3n) is 5.44. The van der Waals surface area contributed by atoms with Gasteiger partial charge in [0.05, 0.1) is 23.2 Å². The van der Waals surface area contributed by atoms with Crippen LogP contribution in [0.5, 0.6) is 0 Å². The zero-order valence-electron chi connectivity index (χ0n) is 14.5. The molecule has 1 aromatic carbocycles. The number of aliphatic hydroxyl groups is 1. The number of β-amino-alcohol motifs (C(OH)–C–C–N with tert-alkyl or cyclic N) is 1. The molecule has 2 saturated heterocycles. The lowest BCUT2D eigenvalue weighted by Crippen LogP contribution is -2.55. The average molecular weight is 339 g/mol. The zero-order valence-corrected chi connectivity index (χ0v) is 14.5. The van der Waals surface area contributed by atoms with E-state index in [-0.39, 0.29) is 5.91 Å². The summed E-state index contributed by atoms with van der Waals surface area (Å²) in [6.45, 7) is 3.92. The smallest absolute Gasteiger partial charge is 0.254 e. The summed E-state index contributed by atoms with van der Waals surface area (Å²) in [5, 5.41) is 11.9. The maximum Gasteiger partial charge on any atom is 0.254 e. The number of piperidine rings is 1. The summed E-state index contributed by atoms with van der Waals surface area (Å²) in [4.78, 5) is 21.6. The first kappa shape index (κ1) is 16.5. The topological polar surface area (TPSA) is 56.7 Å². The van der Waals surface area contributed by atoms with Crippen molar-refractivity contribution in [1.29, 1.82) is 0 Å². The van der Waals surface area contributed by atoms with Crippen LogP contribution in [0.2, 0.25) is 0 Å². The third kappa shape index (κ3) is 3.39. The van der Waals surface area contributed by atoms with Gasteiger partial charge in [0.25, 0.3) is 5.91 Å². The second kappa shape index (κ2) is 6.73. The minimum Gasteiger partial charge on any atom is -0.387 e. The Morgan fingerprint density at radius 2 is 1.92 bits per heavy atom. The molecule has 0 bridgehead atoms. The van der Waals surface area contributed by atoms with Gasteiger partial charge in [-0.15, -0.1) is 0 Å². The Bertz CT molecular complexity index is 767. The Hall–Kier alpha value is -1.98. The molecule has 2 aliphatic rings. The van der Waals surface area contributed by atoms with Crippen LogP contribution in [0.3, 0.4) is 0 Å². The summed E-state index contributed by atoms with van der Waals surface area (Å²) < 4.78 is 0. The highest BCUT2D eigenvalue weighted by atomic mass is 16.3. The molecule has 1 atom stereocenters. The minimum atomic E-state index is -0.791. The molecule has 1 amide bonds. The van der Waals surface area contributed by atoms with Gasteiger partial charge in [-0.25, -0.2) is 0 Å². The second-order valence-corrected chi connectivity index (χ2v) is 7.41. The van der Waals surface area contributed by atoms with Crippen LogP contribution in [0, 0.1) is 0 Å². The standard InChI is InChI=1S/C20H25N3O2/c24-19(17-8-10-21-18-7-2-1-6-16(17)18)23-13-5-9-20(25,15-23)14-22-11-3-4-12-22/h1-2,6-8,10,25H,3-5,9,11-15H2. The van der Waals surface area contributed by atoms with Crippen molar-refractivity contribution in [2.45, 2.75) is 31.3 Å². The van der Waals surface area contributed by atoms with Crippen LogP contribution >= 0.6 is 0 Å². The van der Waals surface area contributed by atoms with Crippen LogP contribution in [0.4, 0.5) is 0 Å². The van der Waals surface area contributed by atoms with Crippen molar-refractivity contribution in [3.05, 3.63) is 42.1 Å². The fourth-order valence-electron chi connectivity index (χ4n) is 4.22. The van der Waals surface area contributed by atoms with Crippen molar-refractivity contribution in [1.82, 2.24) is 14.8 Å². The third-order valence-corrected chi connectivity index (χ3v) is 5.44. The summed E-state index contributed by atoms with van der Waals surface area (Å²) in [5.74, 6) is -0.00172. The lowest BCUT2D eigenvalue weighted by Gasteiger charge is -2.41. The second-order valence-electron chi connectivity index (χ2n) is 7.41. The van der Waals surface area contributed by atoms with Gasteiger partial charge in [0.15, 0.2) is 0 Å². The number of hydrogen-bond acceptors (Lipinski definition) is 4. The van der Waals surface area contributed by atoms with Gasteiger partial charge >= 0.3 is 0 Å². The van der Waals surface area contributed by atoms with Crippen molar-refractivity contribution in [2.75, 3.05) is 32.7 Å². The molecular formula is C20H25N3O2. The molecule has 5 heteroatoms. The fourth-order valence-corrected chi connectivity index (χ4v) is 4.22. The molecule has 3 heterocycles. The van der Waals surface area contributed by atoms with Crippen molar-refractivity contribution in [2.24, 2.45) is 0 Å². The van der Waals surface area contributed by atoms with Gasteiger partial charge in [-0.3, -0.25) is 9.78 Å². The molecule has 0 radical (unpaired) electrons. The number of carbonyl (C=O) groups is 1. The van der Waals surface area contributed by atoms with Crippen molar-refractivity contribution < 1.29 is 9.90 Å². The molecule has 1 N–H and O–H groups in total. The fraction of sp³-hybridized carbons (Fsp3) is 0.500. The quantitative estimate of drug-likeness (QED) is 0.932. The van der Waals surface area contributed by atoms with Gasteiger partial charge in [-0.05, 0) is 50.9 Å². The van der Waals surface area contributed by atoms with E-state index in [2.05, 4.69) is 9.88 Å². The van der Waals surface area contributed by atoms with Crippen LogP contribution in [0.1, 0.15) is 36.0 Å². The zero-order chi connectivity index (χ0) is 17.3. The van der Waals surface area contributed by atoms with Gasteiger partial charge < -0.3 is 14.9 Å². The monoisotopic (exact) mass is 339 g/mol. The summed E-state index contributed by atoms with van der Waals surface area (Å²) >= 11 is 0. The van der Waals surface area contributed by atoms with E-state index < -0.39 is 5.60 Å². The first-order chi connectivity index (χ1) is 12.1. The Kier molecular flexibility index (Phi) is 4.44. The normalized spacial score (nSPS) is 24.8. The molecule has 2 aromatic rings. The highest BCUT2D eigenvalue weighted by Gasteiger charge is 2.37. The van der Waals surface area contributed by atoms with Crippen LogP contribution in [0.15, 0.2) is 36.5 Å². The number of nitrogens with zero attached hydrogens (tertiary/aromatic N) is 3. The van der Waals surface area contributed by atoms with E-state index in [1.807, 2.05) is 29.2 Å².